The molecule has 27 heavy (non-hydrogen) atoms. The lowest BCUT2D eigenvalue weighted by molar-refractivity contribution is -0.143. The fraction of sp³-hybridized carbons (Fsp3) is 0.391. The van der Waals surface area contributed by atoms with Crippen LogP contribution in [0.25, 0.3) is 11.1 Å². The van der Waals surface area contributed by atoms with Gasteiger partial charge in [0.15, 0.2) is 0 Å². The molecule has 2 aromatic carbocycles. The molecule has 0 aliphatic rings. The normalized spacial score (nSPS) is 10.2. The molecule has 0 fully saturated rings. The summed E-state index contributed by atoms with van der Waals surface area (Å²) in [4.78, 5) is 11.2. The first kappa shape index (κ1) is 20.5. The van der Waals surface area contributed by atoms with Crippen molar-refractivity contribution in [3.8, 4) is 22.9 Å². The molecule has 0 saturated carbocycles. The molecule has 2 aromatic rings. The smallest absolute Gasteiger partial charge is 0.305 e. The Hall–Kier alpha value is -2.80. The van der Waals surface area contributed by atoms with Crippen molar-refractivity contribution in [3.05, 3.63) is 54.1 Å². The lowest BCUT2D eigenvalue weighted by Crippen LogP contribution is -2.03. The highest BCUT2D eigenvalue weighted by atomic mass is 16.5. The third-order valence-corrected chi connectivity index (χ3v) is 4.30. The van der Waals surface area contributed by atoms with E-state index in [1.54, 1.807) is 0 Å². The number of hydrogen-bond donors (Lipinski definition) is 0. The molecule has 0 aromatic heterocycles. The van der Waals surface area contributed by atoms with Crippen LogP contribution in [0.4, 0.5) is 0 Å². The maximum atomic E-state index is 11.2. The maximum Gasteiger partial charge on any atom is 0.305 e. The van der Waals surface area contributed by atoms with Gasteiger partial charge in [-0.3, -0.25) is 4.79 Å². The minimum Gasteiger partial charge on any atom is -0.494 e. The molecule has 0 N–H and O–H groups in total. The van der Waals surface area contributed by atoms with Crippen LogP contribution in [-0.4, -0.2) is 19.2 Å². The number of esters is 1. The van der Waals surface area contributed by atoms with Gasteiger partial charge in [-0.25, -0.2) is 0 Å². The predicted molar refractivity (Wildman–Crippen MR) is 106 cm³/mol. The second-order valence-corrected chi connectivity index (χ2v) is 6.38. The quantitative estimate of drug-likeness (QED) is 0.389. The zero-order valence-electron chi connectivity index (χ0n) is 15.9. The number of rotatable bonds is 11. The van der Waals surface area contributed by atoms with E-state index in [1.165, 1.54) is 0 Å². The molecule has 0 heterocycles. The number of ether oxygens (including phenoxy) is 2. The van der Waals surface area contributed by atoms with Crippen LogP contribution in [0.5, 0.6) is 5.75 Å². The summed E-state index contributed by atoms with van der Waals surface area (Å²) in [5.74, 6) is 0.778. The Morgan fingerprint density at radius 2 is 1.48 bits per heavy atom. The molecule has 0 amide bonds. The highest BCUT2D eigenvalue weighted by Gasteiger charge is 2.02. The van der Waals surface area contributed by atoms with E-state index in [9.17, 15) is 4.79 Å². The van der Waals surface area contributed by atoms with Gasteiger partial charge in [-0.2, -0.15) is 5.26 Å². The molecule has 142 valence electrons. The number of hydrogen-bond acceptors (Lipinski definition) is 4. The fourth-order valence-electron chi connectivity index (χ4n) is 2.81. The third-order valence-electron chi connectivity index (χ3n) is 4.30. The van der Waals surface area contributed by atoms with Crippen LogP contribution in [-0.2, 0) is 9.53 Å². The molecule has 0 unspecified atom stereocenters. The SMILES string of the molecule is CCOC(=O)CCCCCCCOc1ccc(-c2ccc(C#N)cc2)cc1. The minimum atomic E-state index is -0.0923. The van der Waals surface area contributed by atoms with Gasteiger partial charge >= 0.3 is 5.97 Å². The van der Waals surface area contributed by atoms with Crippen LogP contribution in [0.3, 0.4) is 0 Å². The zero-order valence-corrected chi connectivity index (χ0v) is 15.9. The van der Waals surface area contributed by atoms with Crippen LogP contribution < -0.4 is 4.74 Å². The van der Waals surface area contributed by atoms with Crippen molar-refractivity contribution in [1.82, 2.24) is 0 Å². The van der Waals surface area contributed by atoms with Crippen molar-refractivity contribution in [2.45, 2.75) is 45.4 Å². The lowest BCUT2D eigenvalue weighted by Gasteiger charge is -2.08. The Labute approximate surface area is 161 Å². The summed E-state index contributed by atoms with van der Waals surface area (Å²) in [6, 6.07) is 17.7. The highest BCUT2D eigenvalue weighted by Crippen LogP contribution is 2.23. The van der Waals surface area contributed by atoms with E-state index in [2.05, 4.69) is 6.07 Å². The summed E-state index contributed by atoms with van der Waals surface area (Å²) in [5, 5.41) is 8.86. The Kier molecular flexibility index (Phi) is 8.92. The highest BCUT2D eigenvalue weighted by molar-refractivity contribution is 5.69. The Bertz CT molecular complexity index is 730. The second-order valence-electron chi connectivity index (χ2n) is 6.38. The standard InChI is InChI=1S/C23H27NO3/c1-2-26-23(25)8-6-4-3-5-7-17-27-22-15-13-21(14-16-22)20-11-9-19(18-24)10-12-20/h9-16H,2-8,17H2,1H3. The summed E-state index contributed by atoms with van der Waals surface area (Å²) in [6.07, 6.45) is 5.70. The molecule has 0 bridgehead atoms. The van der Waals surface area contributed by atoms with E-state index in [-0.39, 0.29) is 5.97 Å². The van der Waals surface area contributed by atoms with E-state index in [0.29, 0.717) is 25.2 Å². The summed E-state index contributed by atoms with van der Waals surface area (Å²) in [7, 11) is 0. The van der Waals surface area contributed by atoms with Gasteiger partial charge in [-0.05, 0) is 55.2 Å². The van der Waals surface area contributed by atoms with Crippen molar-refractivity contribution in [1.29, 1.82) is 5.26 Å². The van der Waals surface area contributed by atoms with Crippen molar-refractivity contribution in [3.63, 3.8) is 0 Å². The molecule has 0 atom stereocenters. The summed E-state index contributed by atoms with van der Waals surface area (Å²) in [6.45, 7) is 3.00. The molecule has 4 heteroatoms. The average Bonchev–Trinajstić information content (AvgIpc) is 2.71. The molecule has 0 aliphatic heterocycles. The number of unbranched alkanes of at least 4 members (excludes halogenated alkanes) is 4. The molecule has 0 spiro atoms. The van der Waals surface area contributed by atoms with Crippen LogP contribution in [0.15, 0.2) is 48.5 Å². The van der Waals surface area contributed by atoms with Crippen LogP contribution >= 0.6 is 0 Å². The van der Waals surface area contributed by atoms with Gasteiger partial charge in [-0.15, -0.1) is 0 Å². The number of carbonyl (C=O) groups excluding carboxylic acids is 1. The molecule has 2 rings (SSSR count). The van der Waals surface area contributed by atoms with Gasteiger partial charge in [0.05, 0.1) is 24.8 Å². The average molecular weight is 365 g/mol. The minimum absolute atomic E-state index is 0.0923. The van der Waals surface area contributed by atoms with Gasteiger partial charge < -0.3 is 9.47 Å². The number of benzene rings is 2. The second kappa shape index (κ2) is 11.7. The van der Waals surface area contributed by atoms with Gasteiger partial charge in [0.25, 0.3) is 0 Å². The summed E-state index contributed by atoms with van der Waals surface area (Å²) in [5.41, 5.74) is 2.86. The van der Waals surface area contributed by atoms with Crippen molar-refractivity contribution < 1.29 is 14.3 Å². The van der Waals surface area contributed by atoms with Crippen LogP contribution in [0.1, 0.15) is 51.0 Å². The van der Waals surface area contributed by atoms with E-state index >= 15 is 0 Å². The number of nitrogens with zero attached hydrogens (tertiary/aromatic N) is 1. The van der Waals surface area contributed by atoms with Gasteiger partial charge in [-0.1, -0.05) is 43.5 Å². The fourth-order valence-corrected chi connectivity index (χ4v) is 2.81. The summed E-state index contributed by atoms with van der Waals surface area (Å²) >= 11 is 0. The number of carbonyl (C=O) groups is 1. The van der Waals surface area contributed by atoms with E-state index in [4.69, 9.17) is 14.7 Å². The lowest BCUT2D eigenvalue weighted by atomic mass is 10.0. The zero-order chi connectivity index (χ0) is 19.3. The van der Waals surface area contributed by atoms with E-state index < -0.39 is 0 Å². The Morgan fingerprint density at radius 1 is 0.889 bits per heavy atom. The monoisotopic (exact) mass is 365 g/mol. The molecule has 0 saturated heterocycles. The van der Waals surface area contributed by atoms with E-state index in [0.717, 1.165) is 49.0 Å². The predicted octanol–water partition coefficient (Wildman–Crippen LogP) is 5.51. The Balaban J connectivity index is 1.61. The third kappa shape index (κ3) is 7.53. The van der Waals surface area contributed by atoms with Crippen molar-refractivity contribution in [2.75, 3.05) is 13.2 Å². The van der Waals surface area contributed by atoms with Gasteiger partial charge in [0.2, 0.25) is 0 Å². The first-order valence-electron chi connectivity index (χ1n) is 9.62. The van der Waals surface area contributed by atoms with Crippen molar-refractivity contribution in [2.24, 2.45) is 0 Å². The molecule has 0 aliphatic carbocycles. The van der Waals surface area contributed by atoms with E-state index in [1.807, 2.05) is 55.5 Å². The maximum absolute atomic E-state index is 11.2. The van der Waals surface area contributed by atoms with Crippen molar-refractivity contribution >= 4 is 5.97 Å². The van der Waals surface area contributed by atoms with Gasteiger partial charge in [0, 0.05) is 6.42 Å². The topological polar surface area (TPSA) is 59.3 Å². The molecule has 0 radical (unpaired) electrons. The molecular weight excluding hydrogens is 338 g/mol. The van der Waals surface area contributed by atoms with Crippen LogP contribution in [0, 0.1) is 11.3 Å². The Morgan fingerprint density at radius 3 is 2.11 bits per heavy atom. The molecule has 4 nitrogen and oxygen atoms in total. The first-order chi connectivity index (χ1) is 13.2. The largest absolute Gasteiger partial charge is 0.494 e. The first-order valence-corrected chi connectivity index (χ1v) is 9.62. The van der Waals surface area contributed by atoms with Crippen LogP contribution in [0.2, 0.25) is 0 Å². The molecular formula is C23H27NO3. The van der Waals surface area contributed by atoms with Gasteiger partial charge in [0.1, 0.15) is 5.75 Å². The summed E-state index contributed by atoms with van der Waals surface area (Å²) < 4.78 is 10.7. The number of nitriles is 1.